The van der Waals surface area contributed by atoms with Gasteiger partial charge >= 0.3 is 0 Å². The fraction of sp³-hybridized carbons (Fsp3) is 0.263. The molecule has 5 nitrogen and oxygen atoms in total. The van der Waals surface area contributed by atoms with Gasteiger partial charge in [-0.15, -0.1) is 5.10 Å². The molecular formula is C19H15FN4O. The van der Waals surface area contributed by atoms with Crippen molar-refractivity contribution in [2.45, 2.75) is 26.2 Å². The molecule has 1 spiro atoms. The second-order valence-electron chi connectivity index (χ2n) is 6.91. The lowest BCUT2D eigenvalue weighted by Gasteiger charge is -2.05. The van der Waals surface area contributed by atoms with Crippen LogP contribution in [0.25, 0.3) is 16.9 Å². The third-order valence-electron chi connectivity index (χ3n) is 5.35. The highest BCUT2D eigenvalue weighted by atomic mass is 19.1. The Labute approximate surface area is 143 Å². The van der Waals surface area contributed by atoms with Gasteiger partial charge in [-0.25, -0.2) is 9.67 Å². The highest BCUT2D eigenvalue weighted by Crippen LogP contribution is 2.55. The lowest BCUT2D eigenvalue weighted by Crippen LogP contribution is -2.08. The van der Waals surface area contributed by atoms with E-state index in [2.05, 4.69) is 15.3 Å². The molecule has 2 aliphatic rings. The van der Waals surface area contributed by atoms with Crippen molar-refractivity contribution in [2.24, 2.45) is 5.41 Å². The van der Waals surface area contributed by atoms with E-state index in [0.717, 1.165) is 41.6 Å². The minimum absolute atomic E-state index is 0.119. The summed E-state index contributed by atoms with van der Waals surface area (Å²) in [5.41, 5.74) is 4.40. The summed E-state index contributed by atoms with van der Waals surface area (Å²) in [4.78, 5) is 16.1. The number of ketones is 1. The van der Waals surface area contributed by atoms with E-state index in [1.165, 1.54) is 10.9 Å². The molecule has 0 saturated heterocycles. The standard InChI is InChI=1S/C19H15FN4O/c1-11-16(22-23-24(11)15-3-2-8-21-18(15)20)12-4-5-14-13(9-12)10-19(6-7-19)17(14)25/h2-5,8-9H,6-7,10H2,1H3. The number of Topliss-reactive ketones (excluding diaryl/α,β-unsaturated/α-hetero) is 1. The maximum Gasteiger partial charge on any atom is 0.238 e. The van der Waals surface area contributed by atoms with Crippen molar-refractivity contribution in [1.29, 1.82) is 0 Å². The monoisotopic (exact) mass is 334 g/mol. The molecule has 0 bridgehead atoms. The lowest BCUT2D eigenvalue weighted by atomic mass is 10.0. The van der Waals surface area contributed by atoms with Crippen LogP contribution in [0, 0.1) is 18.3 Å². The van der Waals surface area contributed by atoms with E-state index in [0.29, 0.717) is 5.69 Å². The summed E-state index contributed by atoms with van der Waals surface area (Å²) in [5, 5.41) is 8.33. The van der Waals surface area contributed by atoms with Crippen LogP contribution in [-0.2, 0) is 6.42 Å². The van der Waals surface area contributed by atoms with Gasteiger partial charge in [0.05, 0.1) is 5.69 Å². The zero-order valence-electron chi connectivity index (χ0n) is 13.7. The Morgan fingerprint density at radius 1 is 1.24 bits per heavy atom. The number of halogens is 1. The first-order valence-corrected chi connectivity index (χ1v) is 8.30. The van der Waals surface area contributed by atoms with Crippen LogP contribution in [0.2, 0.25) is 0 Å². The number of fused-ring (bicyclic) bond motifs is 1. The van der Waals surface area contributed by atoms with Crippen LogP contribution in [0.1, 0.15) is 34.5 Å². The molecular weight excluding hydrogens is 319 g/mol. The highest BCUT2D eigenvalue weighted by molar-refractivity contribution is 6.07. The number of carbonyl (C=O) groups is 1. The molecule has 2 aromatic heterocycles. The summed E-state index contributed by atoms with van der Waals surface area (Å²) in [6.07, 6.45) is 4.20. The molecule has 0 atom stereocenters. The van der Waals surface area contributed by atoms with Crippen LogP contribution < -0.4 is 0 Å². The minimum atomic E-state index is -0.586. The number of rotatable bonds is 2. The van der Waals surface area contributed by atoms with E-state index in [9.17, 15) is 9.18 Å². The molecule has 6 heteroatoms. The van der Waals surface area contributed by atoms with Crippen molar-refractivity contribution in [2.75, 3.05) is 0 Å². The molecule has 1 aromatic carbocycles. The van der Waals surface area contributed by atoms with Crippen molar-refractivity contribution in [1.82, 2.24) is 20.0 Å². The number of benzene rings is 1. The Bertz CT molecular complexity index is 1040. The number of aromatic nitrogens is 4. The van der Waals surface area contributed by atoms with Gasteiger partial charge in [-0.3, -0.25) is 4.79 Å². The van der Waals surface area contributed by atoms with Crippen molar-refractivity contribution in [3.05, 3.63) is 59.3 Å². The first kappa shape index (κ1) is 14.5. The van der Waals surface area contributed by atoms with Gasteiger partial charge in [0.1, 0.15) is 11.4 Å². The normalized spacial score (nSPS) is 17.1. The Hall–Kier alpha value is -2.89. The number of hydrogen-bond acceptors (Lipinski definition) is 4. The molecule has 0 amide bonds. The summed E-state index contributed by atoms with van der Waals surface area (Å²) in [6.45, 7) is 1.85. The van der Waals surface area contributed by atoms with Crippen molar-refractivity contribution >= 4 is 5.78 Å². The maximum atomic E-state index is 13.9. The first-order chi connectivity index (χ1) is 12.1. The van der Waals surface area contributed by atoms with Gasteiger partial charge in [-0.05, 0) is 49.9 Å². The number of carbonyl (C=O) groups excluding carboxylic acids is 1. The molecule has 0 N–H and O–H groups in total. The van der Waals surface area contributed by atoms with Gasteiger partial charge in [0, 0.05) is 22.7 Å². The van der Waals surface area contributed by atoms with E-state index in [1.54, 1.807) is 12.1 Å². The summed E-state index contributed by atoms with van der Waals surface area (Å²) < 4.78 is 15.4. The van der Waals surface area contributed by atoms with Crippen LogP contribution >= 0.6 is 0 Å². The van der Waals surface area contributed by atoms with Crippen molar-refractivity contribution < 1.29 is 9.18 Å². The molecule has 0 radical (unpaired) electrons. The summed E-state index contributed by atoms with van der Waals surface area (Å²) in [7, 11) is 0. The second-order valence-corrected chi connectivity index (χ2v) is 6.91. The molecule has 5 rings (SSSR count). The number of pyridine rings is 1. The van der Waals surface area contributed by atoms with Gasteiger partial charge < -0.3 is 0 Å². The van der Waals surface area contributed by atoms with Crippen LogP contribution in [0.3, 0.4) is 0 Å². The van der Waals surface area contributed by atoms with Crippen LogP contribution in [0.4, 0.5) is 4.39 Å². The topological polar surface area (TPSA) is 60.7 Å². The Morgan fingerprint density at radius 3 is 2.84 bits per heavy atom. The number of hydrogen-bond donors (Lipinski definition) is 0. The smallest absolute Gasteiger partial charge is 0.238 e. The average molecular weight is 334 g/mol. The summed E-state index contributed by atoms with van der Waals surface area (Å²) in [5.74, 6) is -0.302. The quantitative estimate of drug-likeness (QED) is 0.675. The molecule has 1 saturated carbocycles. The Balaban J connectivity index is 1.58. The van der Waals surface area contributed by atoms with E-state index >= 15 is 0 Å². The molecule has 0 aliphatic heterocycles. The van der Waals surface area contributed by atoms with Gasteiger partial charge in [0.15, 0.2) is 5.78 Å². The van der Waals surface area contributed by atoms with E-state index < -0.39 is 5.95 Å². The van der Waals surface area contributed by atoms with Gasteiger partial charge in [-0.1, -0.05) is 17.3 Å². The van der Waals surface area contributed by atoms with E-state index in [1.807, 2.05) is 25.1 Å². The Kier molecular flexibility index (Phi) is 2.78. The van der Waals surface area contributed by atoms with Gasteiger partial charge in [0.25, 0.3) is 0 Å². The molecule has 1 fully saturated rings. The van der Waals surface area contributed by atoms with Crippen molar-refractivity contribution in [3.8, 4) is 16.9 Å². The van der Waals surface area contributed by atoms with E-state index in [-0.39, 0.29) is 16.9 Å². The first-order valence-electron chi connectivity index (χ1n) is 8.30. The minimum Gasteiger partial charge on any atom is -0.294 e. The average Bonchev–Trinajstić information content (AvgIpc) is 3.21. The van der Waals surface area contributed by atoms with Gasteiger partial charge in [-0.2, -0.15) is 4.39 Å². The van der Waals surface area contributed by atoms with E-state index in [4.69, 9.17) is 0 Å². The van der Waals surface area contributed by atoms with Crippen LogP contribution in [-0.4, -0.2) is 25.8 Å². The Morgan fingerprint density at radius 2 is 2.08 bits per heavy atom. The predicted octanol–water partition coefficient (Wildman–Crippen LogP) is 3.30. The zero-order valence-corrected chi connectivity index (χ0v) is 13.7. The SMILES string of the molecule is Cc1c(-c2ccc3c(c2)CC2(CC2)C3=O)nnn1-c1cccnc1F. The molecule has 2 heterocycles. The molecule has 2 aliphatic carbocycles. The molecule has 3 aromatic rings. The summed E-state index contributed by atoms with van der Waals surface area (Å²) in [6, 6.07) is 9.10. The highest BCUT2D eigenvalue weighted by Gasteiger charge is 2.54. The van der Waals surface area contributed by atoms with Crippen LogP contribution in [0.5, 0.6) is 0 Å². The second kappa shape index (κ2) is 4.81. The fourth-order valence-corrected chi connectivity index (χ4v) is 3.75. The number of nitrogens with zero attached hydrogens (tertiary/aromatic N) is 4. The lowest BCUT2D eigenvalue weighted by molar-refractivity contribution is 0.0919. The van der Waals surface area contributed by atoms with Gasteiger partial charge in [0.2, 0.25) is 5.95 Å². The van der Waals surface area contributed by atoms with Crippen LogP contribution in [0.15, 0.2) is 36.5 Å². The fourth-order valence-electron chi connectivity index (χ4n) is 3.75. The predicted molar refractivity (Wildman–Crippen MR) is 89.0 cm³/mol. The third kappa shape index (κ3) is 2.00. The molecule has 25 heavy (non-hydrogen) atoms. The maximum absolute atomic E-state index is 13.9. The zero-order chi connectivity index (χ0) is 17.2. The third-order valence-corrected chi connectivity index (χ3v) is 5.35. The van der Waals surface area contributed by atoms with Crippen molar-refractivity contribution in [3.63, 3.8) is 0 Å². The molecule has 124 valence electrons. The largest absolute Gasteiger partial charge is 0.294 e. The molecule has 0 unspecified atom stereocenters. The summed E-state index contributed by atoms with van der Waals surface area (Å²) >= 11 is 0.